The molecule has 6 heteroatoms. The molecule has 0 aromatic heterocycles. The topological polar surface area (TPSA) is 78.9 Å². The van der Waals surface area contributed by atoms with Crippen LogP contribution in [0.4, 0.5) is 4.79 Å². The Labute approximate surface area is 128 Å². The van der Waals surface area contributed by atoms with Crippen LogP contribution in [0.3, 0.4) is 0 Å². The Bertz CT molecular complexity index is 594. The minimum Gasteiger partial charge on any atom is -0.451 e. The number of Topliss-reactive ketones (excluding diaryl/α,β-unsaturated/α-hetero) is 1. The summed E-state index contributed by atoms with van der Waals surface area (Å²) >= 11 is 0. The summed E-state index contributed by atoms with van der Waals surface area (Å²) in [6, 6.07) is 7.17. The molecule has 22 heavy (non-hydrogen) atoms. The number of fused-ring (bicyclic) bond motifs is 1. The van der Waals surface area contributed by atoms with Gasteiger partial charge in [0.2, 0.25) is 0 Å². The SMILES string of the molecule is COC(=O)OCCC(=O)CCC1(C)OC(=O)c2ccccc21. The Morgan fingerprint density at radius 2 is 1.95 bits per heavy atom. The highest BCUT2D eigenvalue weighted by Gasteiger charge is 2.41. The molecule has 1 aromatic rings. The number of ketones is 1. The maximum atomic E-state index is 11.8. The second kappa shape index (κ2) is 6.60. The second-order valence-corrected chi connectivity index (χ2v) is 5.26. The van der Waals surface area contributed by atoms with Gasteiger partial charge in [0, 0.05) is 18.4 Å². The Balaban J connectivity index is 1.88. The first-order valence-corrected chi connectivity index (χ1v) is 7.01. The summed E-state index contributed by atoms with van der Waals surface area (Å²) in [5.41, 5.74) is 0.567. The van der Waals surface area contributed by atoms with E-state index in [1.807, 2.05) is 12.1 Å². The zero-order valence-electron chi connectivity index (χ0n) is 12.6. The van der Waals surface area contributed by atoms with Gasteiger partial charge in [-0.25, -0.2) is 9.59 Å². The number of carbonyl (C=O) groups excluding carboxylic acids is 3. The van der Waals surface area contributed by atoms with Gasteiger partial charge in [-0.1, -0.05) is 18.2 Å². The molecule has 0 radical (unpaired) electrons. The maximum Gasteiger partial charge on any atom is 0.507 e. The average molecular weight is 306 g/mol. The molecule has 0 amide bonds. The van der Waals surface area contributed by atoms with Gasteiger partial charge in [-0.15, -0.1) is 0 Å². The van der Waals surface area contributed by atoms with E-state index < -0.39 is 11.8 Å². The average Bonchev–Trinajstić information content (AvgIpc) is 2.77. The lowest BCUT2D eigenvalue weighted by Gasteiger charge is -2.23. The van der Waals surface area contributed by atoms with Crippen LogP contribution in [0.25, 0.3) is 0 Å². The Morgan fingerprint density at radius 1 is 1.23 bits per heavy atom. The highest BCUT2D eigenvalue weighted by atomic mass is 16.7. The molecule has 0 saturated heterocycles. The van der Waals surface area contributed by atoms with Crippen LogP contribution in [0.15, 0.2) is 24.3 Å². The highest BCUT2D eigenvalue weighted by molar-refractivity contribution is 5.94. The van der Waals surface area contributed by atoms with Gasteiger partial charge in [-0.05, 0) is 19.4 Å². The lowest BCUT2D eigenvalue weighted by molar-refractivity contribution is -0.121. The van der Waals surface area contributed by atoms with Gasteiger partial charge in [0.25, 0.3) is 0 Å². The van der Waals surface area contributed by atoms with Gasteiger partial charge in [0.15, 0.2) is 0 Å². The van der Waals surface area contributed by atoms with Crippen LogP contribution in [0.5, 0.6) is 0 Å². The third-order valence-electron chi connectivity index (χ3n) is 3.68. The minimum atomic E-state index is -0.807. The third kappa shape index (κ3) is 3.44. The zero-order chi connectivity index (χ0) is 16.2. The summed E-state index contributed by atoms with van der Waals surface area (Å²) in [6.45, 7) is 1.79. The molecule has 0 fully saturated rings. The number of rotatable bonds is 6. The summed E-state index contributed by atoms with van der Waals surface area (Å²) < 4.78 is 14.4. The fourth-order valence-corrected chi connectivity index (χ4v) is 2.43. The van der Waals surface area contributed by atoms with E-state index in [9.17, 15) is 14.4 Å². The van der Waals surface area contributed by atoms with Gasteiger partial charge >= 0.3 is 12.1 Å². The maximum absolute atomic E-state index is 11.8. The number of hydrogen-bond donors (Lipinski definition) is 0. The molecule has 1 aliphatic rings. The molecular weight excluding hydrogens is 288 g/mol. The quantitative estimate of drug-likeness (QED) is 0.752. The van der Waals surface area contributed by atoms with Gasteiger partial charge in [-0.2, -0.15) is 0 Å². The van der Waals surface area contributed by atoms with Crippen molar-refractivity contribution in [3.8, 4) is 0 Å². The van der Waals surface area contributed by atoms with E-state index in [0.29, 0.717) is 12.0 Å². The van der Waals surface area contributed by atoms with Gasteiger partial charge in [-0.3, -0.25) is 4.79 Å². The number of esters is 1. The Morgan fingerprint density at radius 3 is 2.68 bits per heavy atom. The van der Waals surface area contributed by atoms with Crippen LogP contribution >= 0.6 is 0 Å². The molecule has 0 saturated carbocycles. The van der Waals surface area contributed by atoms with Crippen molar-refractivity contribution in [3.05, 3.63) is 35.4 Å². The van der Waals surface area contributed by atoms with E-state index >= 15 is 0 Å². The van der Waals surface area contributed by atoms with Crippen LogP contribution < -0.4 is 0 Å². The van der Waals surface area contributed by atoms with Crippen LogP contribution in [-0.2, 0) is 24.6 Å². The fourth-order valence-electron chi connectivity index (χ4n) is 2.43. The first kappa shape index (κ1) is 16.0. The summed E-state index contributed by atoms with van der Waals surface area (Å²) in [4.78, 5) is 34.4. The number of carbonyl (C=O) groups is 3. The molecule has 118 valence electrons. The van der Waals surface area contributed by atoms with Gasteiger partial charge < -0.3 is 14.2 Å². The standard InChI is InChI=1S/C16H18O6/c1-16(9-7-11(17)8-10-21-15(19)20-2)13-6-4-3-5-12(13)14(18)22-16/h3-6H,7-10H2,1-2H3. The number of cyclic esters (lactones) is 1. The molecule has 0 N–H and O–H groups in total. The molecule has 1 unspecified atom stereocenters. The largest absolute Gasteiger partial charge is 0.507 e. The molecule has 0 aliphatic carbocycles. The van der Waals surface area contributed by atoms with E-state index in [1.54, 1.807) is 19.1 Å². The Hall–Kier alpha value is -2.37. The van der Waals surface area contributed by atoms with Gasteiger partial charge in [0.05, 0.1) is 12.7 Å². The summed E-state index contributed by atoms with van der Waals surface area (Å²) in [5, 5.41) is 0. The summed E-state index contributed by atoms with van der Waals surface area (Å²) in [6.07, 6.45) is -0.0608. The summed E-state index contributed by atoms with van der Waals surface area (Å²) in [7, 11) is 1.21. The molecule has 6 nitrogen and oxygen atoms in total. The van der Waals surface area contributed by atoms with Crippen molar-refractivity contribution in [2.45, 2.75) is 31.8 Å². The van der Waals surface area contributed by atoms with Crippen LogP contribution in [0.2, 0.25) is 0 Å². The monoisotopic (exact) mass is 306 g/mol. The molecule has 1 aliphatic heterocycles. The van der Waals surface area contributed by atoms with Crippen molar-refractivity contribution in [2.24, 2.45) is 0 Å². The van der Waals surface area contributed by atoms with E-state index in [4.69, 9.17) is 4.74 Å². The van der Waals surface area contributed by atoms with Crippen molar-refractivity contribution in [1.29, 1.82) is 0 Å². The molecule has 0 spiro atoms. The predicted octanol–water partition coefficient (Wildman–Crippen LogP) is 2.59. The third-order valence-corrected chi connectivity index (χ3v) is 3.68. The highest BCUT2D eigenvalue weighted by Crippen LogP contribution is 2.39. The predicted molar refractivity (Wildman–Crippen MR) is 76.4 cm³/mol. The lowest BCUT2D eigenvalue weighted by atomic mass is 9.89. The molecular formula is C16H18O6. The molecule has 1 atom stereocenters. The van der Waals surface area contributed by atoms with Crippen LogP contribution in [0.1, 0.15) is 42.1 Å². The number of ether oxygens (including phenoxy) is 3. The molecule has 2 rings (SSSR count). The van der Waals surface area contributed by atoms with E-state index in [0.717, 1.165) is 5.56 Å². The fraction of sp³-hybridized carbons (Fsp3) is 0.438. The first-order chi connectivity index (χ1) is 10.5. The van der Waals surface area contributed by atoms with Crippen molar-refractivity contribution >= 4 is 17.9 Å². The second-order valence-electron chi connectivity index (χ2n) is 5.26. The molecule has 1 aromatic carbocycles. The van der Waals surface area contributed by atoms with E-state index in [2.05, 4.69) is 9.47 Å². The zero-order valence-corrected chi connectivity index (χ0v) is 12.6. The van der Waals surface area contributed by atoms with Crippen molar-refractivity contribution in [3.63, 3.8) is 0 Å². The van der Waals surface area contributed by atoms with E-state index in [1.165, 1.54) is 7.11 Å². The number of benzene rings is 1. The number of hydrogen-bond acceptors (Lipinski definition) is 6. The van der Waals surface area contributed by atoms with Crippen molar-refractivity contribution < 1.29 is 28.6 Å². The smallest absolute Gasteiger partial charge is 0.451 e. The summed E-state index contributed by atoms with van der Waals surface area (Å²) in [5.74, 6) is -0.426. The van der Waals surface area contributed by atoms with Crippen molar-refractivity contribution in [1.82, 2.24) is 0 Å². The number of methoxy groups -OCH3 is 1. The van der Waals surface area contributed by atoms with Crippen LogP contribution in [0, 0.1) is 0 Å². The molecule has 0 bridgehead atoms. The van der Waals surface area contributed by atoms with E-state index in [-0.39, 0.29) is 31.2 Å². The lowest BCUT2D eigenvalue weighted by Crippen LogP contribution is -2.23. The molecule has 1 heterocycles. The first-order valence-electron chi connectivity index (χ1n) is 7.01. The Kier molecular flexibility index (Phi) is 4.80. The van der Waals surface area contributed by atoms with Gasteiger partial charge in [0.1, 0.15) is 18.0 Å². The van der Waals surface area contributed by atoms with Crippen LogP contribution in [-0.4, -0.2) is 31.6 Å². The minimum absolute atomic E-state index is 0.0153. The van der Waals surface area contributed by atoms with Crippen molar-refractivity contribution in [2.75, 3.05) is 13.7 Å². The normalized spacial score (nSPS) is 19.3.